The highest BCUT2D eigenvalue weighted by atomic mass is 19.4. The molecule has 0 bridgehead atoms. The Kier molecular flexibility index (Phi) is 5.71. The van der Waals surface area contributed by atoms with E-state index in [2.05, 4.69) is 15.3 Å². The number of nitrogens with zero attached hydrogens (tertiary/aromatic N) is 4. The van der Waals surface area contributed by atoms with Gasteiger partial charge < -0.3 is 15.1 Å². The van der Waals surface area contributed by atoms with E-state index in [-0.39, 0.29) is 11.9 Å². The number of nitrogens with one attached hydrogen (secondary N) is 1. The van der Waals surface area contributed by atoms with Crippen molar-refractivity contribution in [3.05, 3.63) is 47.8 Å². The van der Waals surface area contributed by atoms with E-state index in [1.165, 1.54) is 6.07 Å². The zero-order valence-electron chi connectivity index (χ0n) is 15.7. The first-order valence-corrected chi connectivity index (χ1v) is 8.97. The maximum Gasteiger partial charge on any atom is 0.417 e. The molecule has 1 N–H and O–H groups in total. The summed E-state index contributed by atoms with van der Waals surface area (Å²) in [5, 5.41) is 3.03. The number of pyridine rings is 2. The molecule has 150 valence electrons. The number of carbonyl (C=O) groups is 1. The van der Waals surface area contributed by atoms with Gasteiger partial charge in [0.15, 0.2) is 0 Å². The van der Waals surface area contributed by atoms with Crippen LogP contribution in [0, 0.1) is 0 Å². The van der Waals surface area contributed by atoms with Crippen LogP contribution in [-0.4, -0.2) is 49.1 Å². The molecule has 1 amide bonds. The van der Waals surface area contributed by atoms with Crippen molar-refractivity contribution in [2.24, 2.45) is 0 Å². The minimum absolute atomic E-state index is 0.00610. The molecule has 1 saturated heterocycles. The first kappa shape index (κ1) is 19.9. The van der Waals surface area contributed by atoms with Gasteiger partial charge in [-0.05, 0) is 37.1 Å². The van der Waals surface area contributed by atoms with Crippen LogP contribution in [0.3, 0.4) is 0 Å². The summed E-state index contributed by atoms with van der Waals surface area (Å²) in [5.41, 5.74) is -0.245. The Hall–Kier alpha value is -2.84. The smallest absolute Gasteiger partial charge is 0.362 e. The molecular formula is C19H22F3N5O. The molecule has 1 aliphatic heterocycles. The van der Waals surface area contributed by atoms with E-state index in [9.17, 15) is 18.0 Å². The van der Waals surface area contributed by atoms with Crippen molar-refractivity contribution >= 4 is 17.5 Å². The standard InChI is InChI=1S/C19H22F3N5O/c1-26(2)17-15(4-3-9-23-17)18(28)25-14-7-10-27(11-8-14)16-6-5-13(12-24-16)19(20,21)22/h3-6,9,12,14H,7-8,10-11H2,1-2H3,(H,25,28). The molecule has 0 saturated carbocycles. The predicted octanol–water partition coefficient (Wildman–Crippen LogP) is 2.96. The second-order valence-corrected chi connectivity index (χ2v) is 6.91. The van der Waals surface area contributed by atoms with Gasteiger partial charge in [0.1, 0.15) is 11.6 Å². The molecule has 3 rings (SSSR count). The summed E-state index contributed by atoms with van der Waals surface area (Å²) in [6, 6.07) is 5.88. The van der Waals surface area contributed by atoms with Crippen molar-refractivity contribution in [1.29, 1.82) is 0 Å². The second-order valence-electron chi connectivity index (χ2n) is 6.91. The van der Waals surface area contributed by atoms with E-state index >= 15 is 0 Å². The second kappa shape index (κ2) is 8.04. The molecule has 28 heavy (non-hydrogen) atoms. The largest absolute Gasteiger partial charge is 0.417 e. The third kappa shape index (κ3) is 4.52. The fourth-order valence-corrected chi connectivity index (χ4v) is 3.19. The normalized spacial score (nSPS) is 15.4. The lowest BCUT2D eigenvalue weighted by atomic mass is 10.0. The number of aromatic nitrogens is 2. The highest BCUT2D eigenvalue weighted by Gasteiger charge is 2.31. The van der Waals surface area contributed by atoms with Gasteiger partial charge in [-0.3, -0.25) is 4.79 Å². The van der Waals surface area contributed by atoms with Gasteiger partial charge in [-0.25, -0.2) is 9.97 Å². The Morgan fingerprint density at radius 2 is 1.89 bits per heavy atom. The summed E-state index contributed by atoms with van der Waals surface area (Å²) in [4.78, 5) is 24.5. The number of rotatable bonds is 4. The zero-order chi connectivity index (χ0) is 20.3. The molecule has 1 fully saturated rings. The molecule has 0 atom stereocenters. The molecule has 0 aromatic carbocycles. The number of carbonyl (C=O) groups excluding carboxylic acids is 1. The first-order valence-electron chi connectivity index (χ1n) is 8.97. The minimum Gasteiger partial charge on any atom is -0.362 e. The van der Waals surface area contributed by atoms with Gasteiger partial charge in [-0.15, -0.1) is 0 Å². The van der Waals surface area contributed by atoms with Gasteiger partial charge >= 0.3 is 6.18 Å². The third-order valence-corrected chi connectivity index (χ3v) is 4.68. The zero-order valence-corrected chi connectivity index (χ0v) is 15.7. The van der Waals surface area contributed by atoms with Crippen LogP contribution in [0.2, 0.25) is 0 Å². The van der Waals surface area contributed by atoms with Crippen molar-refractivity contribution in [2.75, 3.05) is 37.0 Å². The Morgan fingerprint density at radius 3 is 2.46 bits per heavy atom. The molecular weight excluding hydrogens is 371 g/mol. The van der Waals surface area contributed by atoms with Crippen LogP contribution in [0.4, 0.5) is 24.8 Å². The average Bonchev–Trinajstić information content (AvgIpc) is 2.68. The number of piperidine rings is 1. The number of amides is 1. The van der Waals surface area contributed by atoms with Gasteiger partial charge in [-0.1, -0.05) is 0 Å². The number of alkyl halides is 3. The quantitative estimate of drug-likeness (QED) is 0.866. The van der Waals surface area contributed by atoms with Crippen molar-refractivity contribution in [1.82, 2.24) is 15.3 Å². The van der Waals surface area contributed by atoms with E-state index in [1.54, 1.807) is 23.2 Å². The third-order valence-electron chi connectivity index (χ3n) is 4.68. The Bertz CT molecular complexity index is 815. The molecule has 0 aliphatic carbocycles. The van der Waals surface area contributed by atoms with E-state index in [0.29, 0.717) is 43.1 Å². The van der Waals surface area contributed by atoms with Crippen LogP contribution in [0.15, 0.2) is 36.7 Å². The van der Waals surface area contributed by atoms with Gasteiger partial charge in [0.05, 0.1) is 11.1 Å². The Morgan fingerprint density at radius 1 is 1.18 bits per heavy atom. The number of anilines is 2. The molecule has 0 spiro atoms. The Labute approximate surface area is 161 Å². The lowest BCUT2D eigenvalue weighted by Crippen LogP contribution is -2.45. The minimum atomic E-state index is -4.39. The molecule has 6 nitrogen and oxygen atoms in total. The lowest BCUT2D eigenvalue weighted by molar-refractivity contribution is -0.137. The van der Waals surface area contributed by atoms with Gasteiger partial charge in [0.25, 0.3) is 5.91 Å². The maximum absolute atomic E-state index is 12.7. The van der Waals surface area contributed by atoms with Crippen LogP contribution >= 0.6 is 0 Å². The average molecular weight is 393 g/mol. The molecule has 2 aromatic rings. The monoisotopic (exact) mass is 393 g/mol. The van der Waals surface area contributed by atoms with Gasteiger partial charge in [0.2, 0.25) is 0 Å². The summed E-state index contributed by atoms with van der Waals surface area (Å²) < 4.78 is 38.0. The molecule has 9 heteroatoms. The molecule has 3 heterocycles. The molecule has 2 aromatic heterocycles. The predicted molar refractivity (Wildman–Crippen MR) is 101 cm³/mol. The maximum atomic E-state index is 12.7. The summed E-state index contributed by atoms with van der Waals surface area (Å²) >= 11 is 0. The van der Waals surface area contributed by atoms with E-state index in [4.69, 9.17) is 0 Å². The molecule has 0 unspecified atom stereocenters. The number of halogens is 3. The van der Waals surface area contributed by atoms with Crippen molar-refractivity contribution in [2.45, 2.75) is 25.1 Å². The van der Waals surface area contributed by atoms with Crippen LogP contribution < -0.4 is 15.1 Å². The Balaban J connectivity index is 1.58. The fourth-order valence-electron chi connectivity index (χ4n) is 3.19. The summed E-state index contributed by atoms with van der Waals surface area (Å²) in [5.74, 6) is 0.939. The summed E-state index contributed by atoms with van der Waals surface area (Å²) in [6.45, 7) is 1.22. The SMILES string of the molecule is CN(C)c1ncccc1C(=O)NC1CCN(c2ccc(C(F)(F)F)cn2)CC1. The van der Waals surface area contributed by atoms with E-state index in [1.807, 2.05) is 19.0 Å². The van der Waals surface area contributed by atoms with Crippen molar-refractivity contribution in [3.8, 4) is 0 Å². The summed E-state index contributed by atoms with van der Waals surface area (Å²) in [6.07, 6.45) is -0.519. The van der Waals surface area contributed by atoms with Crippen LogP contribution in [0.5, 0.6) is 0 Å². The fraction of sp³-hybridized carbons (Fsp3) is 0.421. The van der Waals surface area contributed by atoms with Crippen LogP contribution in [-0.2, 0) is 6.18 Å². The topological polar surface area (TPSA) is 61.4 Å². The van der Waals surface area contributed by atoms with Crippen molar-refractivity contribution in [3.63, 3.8) is 0 Å². The van der Waals surface area contributed by atoms with E-state index in [0.717, 1.165) is 12.3 Å². The highest BCUT2D eigenvalue weighted by Crippen LogP contribution is 2.29. The first-order chi connectivity index (χ1) is 13.3. The van der Waals surface area contributed by atoms with Gasteiger partial charge in [0, 0.05) is 45.6 Å². The molecule has 0 radical (unpaired) electrons. The number of hydrogen-bond donors (Lipinski definition) is 1. The van der Waals surface area contributed by atoms with E-state index < -0.39 is 11.7 Å². The van der Waals surface area contributed by atoms with Gasteiger partial charge in [-0.2, -0.15) is 13.2 Å². The van der Waals surface area contributed by atoms with Crippen molar-refractivity contribution < 1.29 is 18.0 Å². The highest BCUT2D eigenvalue weighted by molar-refractivity contribution is 5.99. The molecule has 1 aliphatic rings. The van der Waals surface area contributed by atoms with Crippen LogP contribution in [0.1, 0.15) is 28.8 Å². The lowest BCUT2D eigenvalue weighted by Gasteiger charge is -2.33. The van der Waals surface area contributed by atoms with Crippen LogP contribution in [0.25, 0.3) is 0 Å². The summed E-state index contributed by atoms with van der Waals surface area (Å²) in [7, 11) is 3.66. The number of hydrogen-bond acceptors (Lipinski definition) is 5.